The van der Waals surface area contributed by atoms with E-state index in [4.69, 9.17) is 9.47 Å². The van der Waals surface area contributed by atoms with Crippen LogP contribution in [0.25, 0.3) is 0 Å². The first kappa shape index (κ1) is 20.9. The number of likely N-dealkylation sites (tertiary alicyclic amines) is 1. The van der Waals surface area contributed by atoms with Crippen molar-refractivity contribution in [2.75, 3.05) is 67.7 Å². The fraction of sp³-hybridized carbons (Fsp3) is 0.938. The summed E-state index contributed by atoms with van der Waals surface area (Å²) in [7, 11) is 7.99. The van der Waals surface area contributed by atoms with Crippen molar-refractivity contribution in [3.8, 4) is 0 Å². The molecule has 6 nitrogen and oxygen atoms in total. The Balaban J connectivity index is 0.00000264. The average molecular weight is 440 g/mol. The van der Waals surface area contributed by atoms with Gasteiger partial charge in [-0.2, -0.15) is 0 Å². The van der Waals surface area contributed by atoms with Crippen LogP contribution in [0.3, 0.4) is 0 Å². The number of nitrogens with zero attached hydrogens (tertiary/aromatic N) is 3. The van der Waals surface area contributed by atoms with Gasteiger partial charge in [0.2, 0.25) is 0 Å². The predicted molar refractivity (Wildman–Crippen MR) is 105 cm³/mol. The van der Waals surface area contributed by atoms with Crippen molar-refractivity contribution in [1.82, 2.24) is 15.1 Å². The summed E-state index contributed by atoms with van der Waals surface area (Å²) in [6.07, 6.45) is 3.31. The molecule has 2 aliphatic heterocycles. The van der Waals surface area contributed by atoms with Gasteiger partial charge in [0.05, 0.1) is 6.61 Å². The Morgan fingerprint density at radius 1 is 1.39 bits per heavy atom. The molecule has 0 aromatic carbocycles. The summed E-state index contributed by atoms with van der Waals surface area (Å²) in [5.74, 6) is 1.64. The number of halogens is 1. The molecule has 0 radical (unpaired) electrons. The van der Waals surface area contributed by atoms with Crippen molar-refractivity contribution >= 4 is 29.9 Å². The van der Waals surface area contributed by atoms with E-state index in [1.54, 1.807) is 7.11 Å². The molecular formula is C16H33IN4O2. The molecule has 1 N–H and O–H groups in total. The molecule has 2 saturated heterocycles. The van der Waals surface area contributed by atoms with Crippen LogP contribution in [0.15, 0.2) is 4.99 Å². The van der Waals surface area contributed by atoms with Gasteiger partial charge in [-0.15, -0.1) is 24.0 Å². The minimum Gasteiger partial charge on any atom is -0.384 e. The van der Waals surface area contributed by atoms with E-state index >= 15 is 0 Å². The highest BCUT2D eigenvalue weighted by atomic mass is 127. The number of nitrogens with one attached hydrogen (secondary N) is 1. The van der Waals surface area contributed by atoms with Crippen molar-refractivity contribution in [1.29, 1.82) is 0 Å². The number of aliphatic imine (C=N–C) groups is 1. The van der Waals surface area contributed by atoms with Crippen molar-refractivity contribution < 1.29 is 9.47 Å². The molecule has 1 unspecified atom stereocenters. The second kappa shape index (κ2) is 10.0. The number of likely N-dealkylation sites (N-methyl/N-ethyl adjacent to an activating group) is 1. The van der Waals surface area contributed by atoms with Gasteiger partial charge in [-0.25, -0.2) is 0 Å². The van der Waals surface area contributed by atoms with Gasteiger partial charge in [0.1, 0.15) is 0 Å². The Bertz CT molecular complexity index is 373. The number of rotatable bonds is 5. The Morgan fingerprint density at radius 2 is 2.09 bits per heavy atom. The highest BCUT2D eigenvalue weighted by Gasteiger charge is 2.35. The summed E-state index contributed by atoms with van der Waals surface area (Å²) < 4.78 is 10.8. The van der Waals surface area contributed by atoms with Crippen LogP contribution in [0, 0.1) is 5.92 Å². The molecule has 2 heterocycles. The second-order valence-electron chi connectivity index (χ2n) is 6.69. The van der Waals surface area contributed by atoms with E-state index in [2.05, 4.69) is 34.2 Å². The van der Waals surface area contributed by atoms with Gasteiger partial charge in [-0.05, 0) is 33.4 Å². The van der Waals surface area contributed by atoms with Gasteiger partial charge < -0.3 is 24.6 Å². The minimum atomic E-state index is 0. The van der Waals surface area contributed by atoms with E-state index in [1.165, 1.54) is 6.42 Å². The predicted octanol–water partition coefficient (Wildman–Crippen LogP) is 1.26. The summed E-state index contributed by atoms with van der Waals surface area (Å²) in [5.41, 5.74) is 0.167. The minimum absolute atomic E-state index is 0. The molecule has 136 valence electrons. The van der Waals surface area contributed by atoms with Crippen molar-refractivity contribution in [3.05, 3.63) is 0 Å². The van der Waals surface area contributed by atoms with Gasteiger partial charge in [0.15, 0.2) is 5.96 Å². The third-order valence-electron chi connectivity index (χ3n) is 5.15. The lowest BCUT2D eigenvalue weighted by molar-refractivity contribution is -0.00522. The second-order valence-corrected chi connectivity index (χ2v) is 6.69. The molecule has 0 amide bonds. The first-order valence-corrected chi connectivity index (χ1v) is 8.31. The molecule has 23 heavy (non-hydrogen) atoms. The maximum atomic E-state index is 5.54. The zero-order valence-electron chi connectivity index (χ0n) is 15.0. The highest BCUT2D eigenvalue weighted by molar-refractivity contribution is 14.0. The van der Waals surface area contributed by atoms with Crippen LogP contribution in [0.2, 0.25) is 0 Å². The molecule has 0 aliphatic carbocycles. The van der Waals surface area contributed by atoms with Gasteiger partial charge in [0.25, 0.3) is 0 Å². The first-order valence-electron chi connectivity index (χ1n) is 8.31. The van der Waals surface area contributed by atoms with Crippen LogP contribution in [-0.4, -0.2) is 89.0 Å². The fourth-order valence-corrected chi connectivity index (χ4v) is 3.51. The Kier molecular flexibility index (Phi) is 9.10. The third-order valence-corrected chi connectivity index (χ3v) is 5.15. The molecular weight excluding hydrogens is 407 g/mol. The highest BCUT2D eigenvalue weighted by Crippen LogP contribution is 2.25. The van der Waals surface area contributed by atoms with Crippen molar-refractivity contribution in [2.45, 2.75) is 24.8 Å². The quantitative estimate of drug-likeness (QED) is 0.397. The number of ether oxygens (including phenoxy) is 2. The maximum absolute atomic E-state index is 5.54. The lowest BCUT2D eigenvalue weighted by Gasteiger charge is -2.43. The Morgan fingerprint density at radius 3 is 2.65 bits per heavy atom. The first-order chi connectivity index (χ1) is 10.6. The van der Waals surface area contributed by atoms with E-state index in [0.717, 1.165) is 58.3 Å². The SMILES string of the molecule is CN=C(NCC1(N(C)C)CCOCC1)N1CCC(COC)C1.I. The third kappa shape index (κ3) is 5.44. The van der Waals surface area contributed by atoms with E-state index in [1.807, 2.05) is 7.05 Å². The summed E-state index contributed by atoms with van der Waals surface area (Å²) in [6.45, 7) is 5.54. The standard InChI is InChI=1S/C16H32N4O2.HI/c1-17-15(20-8-5-14(11-20)12-21-4)18-13-16(19(2)3)6-9-22-10-7-16;/h14H,5-13H2,1-4H3,(H,17,18);1H. The summed E-state index contributed by atoms with van der Waals surface area (Å²) >= 11 is 0. The number of guanidine groups is 1. The van der Waals surface area contributed by atoms with Crippen molar-refractivity contribution in [3.63, 3.8) is 0 Å². The molecule has 0 saturated carbocycles. The average Bonchev–Trinajstić information content (AvgIpc) is 2.97. The van der Waals surface area contributed by atoms with Gasteiger partial charge in [-0.1, -0.05) is 0 Å². The smallest absolute Gasteiger partial charge is 0.193 e. The monoisotopic (exact) mass is 440 g/mol. The molecule has 2 fully saturated rings. The molecule has 0 spiro atoms. The molecule has 2 aliphatic rings. The summed E-state index contributed by atoms with van der Waals surface area (Å²) in [6, 6.07) is 0. The fourth-order valence-electron chi connectivity index (χ4n) is 3.51. The van der Waals surface area contributed by atoms with Crippen LogP contribution in [0.5, 0.6) is 0 Å². The molecule has 2 rings (SSSR count). The summed E-state index contributed by atoms with van der Waals surface area (Å²) in [5, 5.41) is 3.60. The topological polar surface area (TPSA) is 49.3 Å². The zero-order valence-corrected chi connectivity index (χ0v) is 17.3. The van der Waals surface area contributed by atoms with Gasteiger partial charge in [-0.3, -0.25) is 4.99 Å². The van der Waals surface area contributed by atoms with Crippen LogP contribution in [0.4, 0.5) is 0 Å². The van der Waals surface area contributed by atoms with Gasteiger partial charge >= 0.3 is 0 Å². The Labute approximate surface area is 158 Å². The number of methoxy groups -OCH3 is 1. The molecule has 7 heteroatoms. The van der Waals surface area contributed by atoms with Crippen LogP contribution >= 0.6 is 24.0 Å². The maximum Gasteiger partial charge on any atom is 0.193 e. The zero-order chi connectivity index (χ0) is 16.0. The molecule has 0 bridgehead atoms. The lowest BCUT2D eigenvalue weighted by Crippen LogP contribution is -2.57. The summed E-state index contributed by atoms with van der Waals surface area (Å²) in [4.78, 5) is 9.17. The van der Waals surface area contributed by atoms with E-state index < -0.39 is 0 Å². The largest absolute Gasteiger partial charge is 0.384 e. The molecule has 0 aromatic heterocycles. The lowest BCUT2D eigenvalue weighted by atomic mass is 9.88. The molecule has 0 aromatic rings. The molecule has 1 atom stereocenters. The number of hydrogen-bond acceptors (Lipinski definition) is 4. The van der Waals surface area contributed by atoms with E-state index in [-0.39, 0.29) is 29.5 Å². The van der Waals surface area contributed by atoms with E-state index in [0.29, 0.717) is 5.92 Å². The van der Waals surface area contributed by atoms with Crippen LogP contribution < -0.4 is 5.32 Å². The van der Waals surface area contributed by atoms with E-state index in [9.17, 15) is 0 Å². The van der Waals surface area contributed by atoms with Gasteiger partial charge in [0, 0.05) is 58.5 Å². The van der Waals surface area contributed by atoms with Crippen LogP contribution in [-0.2, 0) is 9.47 Å². The Hall–Kier alpha value is -0.120. The van der Waals surface area contributed by atoms with Crippen molar-refractivity contribution in [2.24, 2.45) is 10.9 Å². The normalized spacial score (nSPS) is 24.7. The number of hydrogen-bond donors (Lipinski definition) is 1. The van der Waals surface area contributed by atoms with Crippen LogP contribution in [0.1, 0.15) is 19.3 Å².